The number of ether oxygens (including phenoxy) is 2. The van der Waals surface area contributed by atoms with Crippen molar-refractivity contribution in [2.24, 2.45) is 0 Å². The van der Waals surface area contributed by atoms with E-state index in [9.17, 15) is 4.79 Å². The molecule has 2 aliphatic heterocycles. The van der Waals surface area contributed by atoms with Crippen molar-refractivity contribution in [3.05, 3.63) is 0 Å². The summed E-state index contributed by atoms with van der Waals surface area (Å²) in [5.74, 6) is -0.0710. The van der Waals surface area contributed by atoms with Crippen LogP contribution in [-0.2, 0) is 14.3 Å². The van der Waals surface area contributed by atoms with Crippen molar-refractivity contribution < 1.29 is 14.3 Å². The molecule has 2 saturated heterocycles. The van der Waals surface area contributed by atoms with Crippen LogP contribution in [0.2, 0.25) is 0 Å². The maximum Gasteiger partial charge on any atom is 0.323 e. The third kappa shape index (κ3) is 2.86. The highest BCUT2D eigenvalue weighted by molar-refractivity contribution is 5.75. The quantitative estimate of drug-likeness (QED) is 0.745. The van der Waals surface area contributed by atoms with Gasteiger partial charge >= 0.3 is 5.97 Å². The SMILES string of the molecule is COC(=O)[C@H]1CCCCN1CC1CCC2(CCCC2)O1. The lowest BCUT2D eigenvalue weighted by molar-refractivity contribution is -0.149. The molecule has 3 aliphatic rings. The summed E-state index contributed by atoms with van der Waals surface area (Å²) in [6.45, 7) is 1.91. The summed E-state index contributed by atoms with van der Waals surface area (Å²) in [4.78, 5) is 14.2. The summed E-state index contributed by atoms with van der Waals surface area (Å²) >= 11 is 0. The number of hydrogen-bond donors (Lipinski definition) is 0. The van der Waals surface area contributed by atoms with Gasteiger partial charge in [0.15, 0.2) is 0 Å². The summed E-state index contributed by atoms with van der Waals surface area (Å²) in [5, 5.41) is 0. The fourth-order valence-corrected chi connectivity index (χ4v) is 4.29. The van der Waals surface area contributed by atoms with Crippen LogP contribution in [0.3, 0.4) is 0 Å². The molecule has 1 saturated carbocycles. The minimum absolute atomic E-state index is 0.0440. The van der Waals surface area contributed by atoms with E-state index in [1.807, 2.05) is 0 Å². The highest BCUT2D eigenvalue weighted by Gasteiger charge is 2.43. The molecule has 0 amide bonds. The molecule has 0 bridgehead atoms. The Balaban J connectivity index is 1.57. The fourth-order valence-electron chi connectivity index (χ4n) is 4.29. The molecule has 1 aliphatic carbocycles. The molecular weight excluding hydrogens is 254 g/mol. The van der Waals surface area contributed by atoms with Gasteiger partial charge in [0.25, 0.3) is 0 Å². The van der Waals surface area contributed by atoms with Gasteiger partial charge in [0.05, 0.1) is 18.8 Å². The number of nitrogens with zero attached hydrogens (tertiary/aromatic N) is 1. The van der Waals surface area contributed by atoms with Crippen molar-refractivity contribution in [1.82, 2.24) is 4.90 Å². The molecule has 4 nitrogen and oxygen atoms in total. The third-order valence-corrected chi connectivity index (χ3v) is 5.38. The molecule has 0 aromatic rings. The molecule has 0 radical (unpaired) electrons. The summed E-state index contributed by atoms with van der Waals surface area (Å²) in [5.41, 5.74) is 0.196. The van der Waals surface area contributed by atoms with E-state index in [2.05, 4.69) is 4.90 Å². The normalized spacial score (nSPS) is 33.6. The molecule has 0 aromatic heterocycles. The van der Waals surface area contributed by atoms with E-state index in [4.69, 9.17) is 9.47 Å². The molecule has 20 heavy (non-hydrogen) atoms. The molecule has 2 atom stereocenters. The van der Waals surface area contributed by atoms with Crippen LogP contribution in [0, 0.1) is 0 Å². The van der Waals surface area contributed by atoms with Crippen LogP contribution in [0.25, 0.3) is 0 Å². The van der Waals surface area contributed by atoms with E-state index in [-0.39, 0.29) is 17.6 Å². The lowest BCUT2D eigenvalue weighted by Gasteiger charge is -2.35. The molecule has 2 heterocycles. The zero-order valence-electron chi connectivity index (χ0n) is 12.6. The molecule has 0 N–H and O–H groups in total. The van der Waals surface area contributed by atoms with Gasteiger partial charge in [-0.2, -0.15) is 0 Å². The molecule has 0 aromatic carbocycles. The zero-order chi connectivity index (χ0) is 14.0. The van der Waals surface area contributed by atoms with Crippen molar-refractivity contribution in [2.75, 3.05) is 20.2 Å². The smallest absolute Gasteiger partial charge is 0.323 e. The predicted molar refractivity (Wildman–Crippen MR) is 76.5 cm³/mol. The van der Waals surface area contributed by atoms with Gasteiger partial charge in [-0.1, -0.05) is 19.3 Å². The van der Waals surface area contributed by atoms with Crippen molar-refractivity contribution in [1.29, 1.82) is 0 Å². The Kier molecular flexibility index (Phi) is 4.32. The van der Waals surface area contributed by atoms with E-state index in [0.717, 1.165) is 32.4 Å². The highest BCUT2D eigenvalue weighted by atomic mass is 16.5. The molecule has 1 unspecified atom stereocenters. The predicted octanol–water partition coefficient (Wildman–Crippen LogP) is 2.51. The van der Waals surface area contributed by atoms with E-state index in [1.54, 1.807) is 0 Å². The van der Waals surface area contributed by atoms with Crippen LogP contribution in [0.15, 0.2) is 0 Å². The van der Waals surface area contributed by atoms with Gasteiger partial charge in [-0.25, -0.2) is 0 Å². The van der Waals surface area contributed by atoms with E-state index in [0.29, 0.717) is 6.10 Å². The Bertz CT molecular complexity index is 352. The lowest BCUT2D eigenvalue weighted by atomic mass is 9.98. The largest absolute Gasteiger partial charge is 0.468 e. The number of methoxy groups -OCH3 is 1. The number of rotatable bonds is 3. The van der Waals surface area contributed by atoms with Gasteiger partial charge in [0.1, 0.15) is 6.04 Å². The first-order valence-electron chi connectivity index (χ1n) is 8.22. The number of hydrogen-bond acceptors (Lipinski definition) is 4. The summed E-state index contributed by atoms with van der Waals surface area (Å²) < 4.78 is 11.3. The Hall–Kier alpha value is -0.610. The van der Waals surface area contributed by atoms with Crippen molar-refractivity contribution in [3.8, 4) is 0 Å². The summed E-state index contributed by atoms with van der Waals surface area (Å²) in [7, 11) is 1.49. The van der Waals surface area contributed by atoms with Gasteiger partial charge in [0.2, 0.25) is 0 Å². The standard InChI is InChI=1S/C16H27NO3/c1-19-15(18)14-6-2-5-11-17(14)12-13-7-10-16(20-13)8-3-4-9-16/h13-14H,2-12H2,1H3/t13?,14-/m1/s1. The van der Waals surface area contributed by atoms with E-state index >= 15 is 0 Å². The molecule has 114 valence electrons. The number of carbonyl (C=O) groups excluding carboxylic acids is 1. The monoisotopic (exact) mass is 281 g/mol. The minimum Gasteiger partial charge on any atom is -0.468 e. The van der Waals surface area contributed by atoms with Crippen LogP contribution in [-0.4, -0.2) is 48.8 Å². The second-order valence-corrected chi connectivity index (χ2v) is 6.70. The zero-order valence-corrected chi connectivity index (χ0v) is 12.6. The maximum absolute atomic E-state index is 11.9. The van der Waals surface area contributed by atoms with Crippen LogP contribution in [0.5, 0.6) is 0 Å². The highest BCUT2D eigenvalue weighted by Crippen LogP contribution is 2.43. The Morgan fingerprint density at radius 3 is 2.75 bits per heavy atom. The molecule has 1 spiro atoms. The first-order valence-corrected chi connectivity index (χ1v) is 8.22. The Labute approximate surface area is 121 Å². The minimum atomic E-state index is -0.0710. The van der Waals surface area contributed by atoms with Crippen molar-refractivity contribution in [2.45, 2.75) is 75.5 Å². The van der Waals surface area contributed by atoms with Crippen LogP contribution in [0.1, 0.15) is 57.8 Å². The number of likely N-dealkylation sites (tertiary alicyclic amines) is 1. The topological polar surface area (TPSA) is 38.8 Å². The van der Waals surface area contributed by atoms with Gasteiger partial charge < -0.3 is 9.47 Å². The lowest BCUT2D eigenvalue weighted by Crippen LogP contribution is -2.48. The number of esters is 1. The second kappa shape index (κ2) is 6.02. The number of piperidine rings is 1. The average molecular weight is 281 g/mol. The van der Waals surface area contributed by atoms with Crippen molar-refractivity contribution >= 4 is 5.97 Å². The molecule has 3 rings (SSSR count). The van der Waals surface area contributed by atoms with Crippen molar-refractivity contribution in [3.63, 3.8) is 0 Å². The maximum atomic E-state index is 11.9. The van der Waals surface area contributed by atoms with Gasteiger partial charge in [-0.05, 0) is 45.1 Å². The molecule has 3 fully saturated rings. The van der Waals surface area contributed by atoms with Crippen LogP contribution >= 0.6 is 0 Å². The van der Waals surface area contributed by atoms with Crippen LogP contribution < -0.4 is 0 Å². The first-order chi connectivity index (χ1) is 9.72. The molecular formula is C16H27NO3. The second-order valence-electron chi connectivity index (χ2n) is 6.70. The fraction of sp³-hybridized carbons (Fsp3) is 0.938. The third-order valence-electron chi connectivity index (χ3n) is 5.38. The van der Waals surface area contributed by atoms with Gasteiger partial charge in [0, 0.05) is 6.54 Å². The Morgan fingerprint density at radius 1 is 1.20 bits per heavy atom. The number of carbonyl (C=O) groups is 1. The average Bonchev–Trinajstić information content (AvgIpc) is 3.09. The van der Waals surface area contributed by atoms with E-state index in [1.165, 1.54) is 45.6 Å². The Morgan fingerprint density at radius 2 is 2.00 bits per heavy atom. The summed E-state index contributed by atoms with van der Waals surface area (Å²) in [6.07, 6.45) is 11.1. The first kappa shape index (κ1) is 14.3. The van der Waals surface area contributed by atoms with E-state index < -0.39 is 0 Å². The van der Waals surface area contributed by atoms with Gasteiger partial charge in [-0.3, -0.25) is 9.69 Å². The van der Waals surface area contributed by atoms with Crippen LogP contribution in [0.4, 0.5) is 0 Å². The summed E-state index contributed by atoms with van der Waals surface area (Å²) in [6, 6.07) is -0.0440. The molecule has 4 heteroatoms. The van der Waals surface area contributed by atoms with Gasteiger partial charge in [-0.15, -0.1) is 0 Å².